The van der Waals surface area contributed by atoms with E-state index < -0.39 is 0 Å². The Hall–Kier alpha value is -2.85. The lowest BCUT2D eigenvalue weighted by Gasteiger charge is -2.08. The standard InChI is InChI=1S/C24H22O3S/c1-17-8-9-18(2)23(14-17)28-16-24(26)27-15-22(25)21-12-10-20(11-13-21)19-6-4-3-5-7-19/h3-14H,15-16H2,1-2H3. The van der Waals surface area contributed by atoms with Crippen LogP contribution >= 0.6 is 11.8 Å². The van der Waals surface area contributed by atoms with Crippen LogP contribution < -0.4 is 0 Å². The number of ether oxygens (including phenoxy) is 1. The highest BCUT2D eigenvalue weighted by atomic mass is 32.2. The van der Waals surface area contributed by atoms with Crippen LogP contribution in [0.15, 0.2) is 77.7 Å². The van der Waals surface area contributed by atoms with Gasteiger partial charge < -0.3 is 4.74 Å². The number of ketones is 1. The predicted molar refractivity (Wildman–Crippen MR) is 114 cm³/mol. The predicted octanol–water partition coefficient (Wildman–Crippen LogP) is 5.49. The van der Waals surface area contributed by atoms with Gasteiger partial charge in [0.1, 0.15) is 0 Å². The van der Waals surface area contributed by atoms with Crippen molar-refractivity contribution < 1.29 is 14.3 Å². The molecule has 3 nitrogen and oxygen atoms in total. The van der Waals surface area contributed by atoms with E-state index in [-0.39, 0.29) is 24.1 Å². The van der Waals surface area contributed by atoms with Gasteiger partial charge >= 0.3 is 5.97 Å². The molecule has 4 heteroatoms. The summed E-state index contributed by atoms with van der Waals surface area (Å²) >= 11 is 1.43. The highest BCUT2D eigenvalue weighted by Crippen LogP contribution is 2.23. The van der Waals surface area contributed by atoms with Crippen LogP contribution in [0, 0.1) is 13.8 Å². The molecule has 142 valence electrons. The molecule has 0 heterocycles. The Balaban J connectivity index is 1.51. The Kier molecular flexibility index (Phi) is 6.66. The summed E-state index contributed by atoms with van der Waals surface area (Å²) in [6, 6.07) is 23.4. The summed E-state index contributed by atoms with van der Waals surface area (Å²) in [5.74, 6) is -0.408. The Morgan fingerprint density at radius 1 is 0.857 bits per heavy atom. The zero-order chi connectivity index (χ0) is 19.9. The van der Waals surface area contributed by atoms with E-state index >= 15 is 0 Å². The second-order valence-electron chi connectivity index (χ2n) is 6.58. The maximum atomic E-state index is 12.3. The van der Waals surface area contributed by atoms with E-state index in [1.807, 2.05) is 74.5 Å². The largest absolute Gasteiger partial charge is 0.457 e. The van der Waals surface area contributed by atoms with Crippen molar-refractivity contribution in [3.63, 3.8) is 0 Å². The second kappa shape index (κ2) is 9.38. The molecule has 0 atom stereocenters. The molecule has 0 saturated carbocycles. The van der Waals surface area contributed by atoms with E-state index in [0.29, 0.717) is 5.56 Å². The summed E-state index contributed by atoms with van der Waals surface area (Å²) in [5.41, 5.74) is 4.94. The van der Waals surface area contributed by atoms with E-state index in [0.717, 1.165) is 27.1 Å². The maximum Gasteiger partial charge on any atom is 0.316 e. The molecule has 0 radical (unpaired) electrons. The topological polar surface area (TPSA) is 43.4 Å². The van der Waals surface area contributed by atoms with Crippen LogP contribution in [0.1, 0.15) is 21.5 Å². The molecular weight excluding hydrogens is 368 g/mol. The second-order valence-corrected chi connectivity index (χ2v) is 7.60. The molecule has 0 aromatic heterocycles. The van der Waals surface area contributed by atoms with E-state index in [4.69, 9.17) is 4.74 Å². The SMILES string of the molecule is Cc1ccc(C)c(SCC(=O)OCC(=O)c2ccc(-c3ccccc3)cc2)c1. The molecule has 0 aliphatic carbocycles. The van der Waals surface area contributed by atoms with Crippen LogP contribution in [0.25, 0.3) is 11.1 Å². The summed E-state index contributed by atoms with van der Waals surface area (Å²) < 4.78 is 5.16. The van der Waals surface area contributed by atoms with Gasteiger partial charge in [0.2, 0.25) is 0 Å². The van der Waals surface area contributed by atoms with Gasteiger partial charge in [0.25, 0.3) is 0 Å². The number of hydrogen-bond acceptors (Lipinski definition) is 4. The Morgan fingerprint density at radius 2 is 1.54 bits per heavy atom. The lowest BCUT2D eigenvalue weighted by molar-refractivity contribution is -0.139. The molecule has 0 N–H and O–H groups in total. The number of Topliss-reactive ketones (excluding diaryl/α,β-unsaturated/α-hetero) is 1. The van der Waals surface area contributed by atoms with Crippen LogP contribution in [0.3, 0.4) is 0 Å². The number of thioether (sulfide) groups is 1. The third-order valence-corrected chi connectivity index (χ3v) is 5.50. The normalized spacial score (nSPS) is 10.5. The minimum Gasteiger partial charge on any atom is -0.457 e. The molecule has 3 aromatic rings. The van der Waals surface area contributed by atoms with Crippen LogP contribution in [-0.4, -0.2) is 24.1 Å². The summed E-state index contributed by atoms with van der Waals surface area (Å²) in [6.07, 6.45) is 0. The number of benzene rings is 3. The van der Waals surface area contributed by atoms with Gasteiger partial charge in [-0.05, 0) is 36.6 Å². The van der Waals surface area contributed by atoms with Crippen LogP contribution in [0.5, 0.6) is 0 Å². The van der Waals surface area contributed by atoms with Crippen molar-refractivity contribution in [2.24, 2.45) is 0 Å². The molecule has 0 fully saturated rings. The first-order chi connectivity index (χ1) is 13.5. The van der Waals surface area contributed by atoms with E-state index in [2.05, 4.69) is 0 Å². The number of rotatable bonds is 7. The zero-order valence-electron chi connectivity index (χ0n) is 16.0. The third kappa shape index (κ3) is 5.33. The van der Waals surface area contributed by atoms with Crippen molar-refractivity contribution in [1.82, 2.24) is 0 Å². The fraction of sp³-hybridized carbons (Fsp3) is 0.167. The average Bonchev–Trinajstić information content (AvgIpc) is 2.73. The van der Waals surface area contributed by atoms with Crippen molar-refractivity contribution in [2.75, 3.05) is 12.4 Å². The maximum absolute atomic E-state index is 12.3. The van der Waals surface area contributed by atoms with E-state index in [1.165, 1.54) is 11.8 Å². The minimum absolute atomic E-state index is 0.185. The summed E-state index contributed by atoms with van der Waals surface area (Å²) in [6.45, 7) is 3.79. The van der Waals surface area contributed by atoms with E-state index in [1.54, 1.807) is 12.1 Å². The molecule has 0 aliphatic rings. The Bertz CT molecular complexity index is 963. The van der Waals surface area contributed by atoms with Crippen LogP contribution in [-0.2, 0) is 9.53 Å². The van der Waals surface area contributed by atoms with Crippen molar-refractivity contribution in [3.05, 3.63) is 89.5 Å². The van der Waals surface area contributed by atoms with Crippen LogP contribution in [0.4, 0.5) is 0 Å². The van der Waals surface area contributed by atoms with Gasteiger partial charge in [-0.25, -0.2) is 0 Å². The number of hydrogen-bond donors (Lipinski definition) is 0. The minimum atomic E-state index is -0.389. The molecular formula is C24H22O3S. The van der Waals surface area contributed by atoms with Crippen molar-refractivity contribution >= 4 is 23.5 Å². The monoisotopic (exact) mass is 390 g/mol. The number of carbonyl (C=O) groups is 2. The molecule has 0 aliphatic heterocycles. The summed E-state index contributed by atoms with van der Waals surface area (Å²) in [4.78, 5) is 25.3. The molecule has 0 unspecified atom stereocenters. The number of aryl methyl sites for hydroxylation is 2. The molecule has 0 spiro atoms. The number of esters is 1. The highest BCUT2D eigenvalue weighted by molar-refractivity contribution is 8.00. The molecule has 3 aromatic carbocycles. The van der Waals surface area contributed by atoms with E-state index in [9.17, 15) is 9.59 Å². The van der Waals surface area contributed by atoms with Crippen molar-refractivity contribution in [1.29, 1.82) is 0 Å². The smallest absolute Gasteiger partial charge is 0.316 e. The fourth-order valence-electron chi connectivity index (χ4n) is 2.75. The lowest BCUT2D eigenvalue weighted by atomic mass is 10.0. The molecule has 28 heavy (non-hydrogen) atoms. The van der Waals surface area contributed by atoms with Gasteiger partial charge in [0, 0.05) is 10.5 Å². The fourth-order valence-corrected chi connectivity index (χ4v) is 3.67. The first-order valence-corrected chi connectivity index (χ1v) is 10.1. The van der Waals surface area contributed by atoms with Gasteiger partial charge in [-0.1, -0.05) is 72.3 Å². The van der Waals surface area contributed by atoms with Gasteiger partial charge in [-0.2, -0.15) is 0 Å². The Morgan fingerprint density at radius 3 is 2.25 bits per heavy atom. The highest BCUT2D eigenvalue weighted by Gasteiger charge is 2.11. The first-order valence-electron chi connectivity index (χ1n) is 9.07. The molecule has 3 rings (SSSR count). The van der Waals surface area contributed by atoms with Gasteiger partial charge in [-0.15, -0.1) is 11.8 Å². The van der Waals surface area contributed by atoms with Gasteiger partial charge in [0.05, 0.1) is 5.75 Å². The molecule has 0 saturated heterocycles. The van der Waals surface area contributed by atoms with Crippen molar-refractivity contribution in [3.8, 4) is 11.1 Å². The first kappa shape index (κ1) is 19.9. The van der Waals surface area contributed by atoms with Crippen LogP contribution in [0.2, 0.25) is 0 Å². The third-order valence-electron chi connectivity index (χ3n) is 4.37. The average molecular weight is 391 g/mol. The number of carbonyl (C=O) groups excluding carboxylic acids is 2. The Labute approximate surface area is 169 Å². The van der Waals surface area contributed by atoms with Crippen molar-refractivity contribution in [2.45, 2.75) is 18.7 Å². The molecule has 0 amide bonds. The quantitative estimate of drug-likeness (QED) is 0.304. The van der Waals surface area contributed by atoms with Gasteiger partial charge in [0.15, 0.2) is 12.4 Å². The van der Waals surface area contributed by atoms with Gasteiger partial charge in [-0.3, -0.25) is 9.59 Å². The summed E-state index contributed by atoms with van der Waals surface area (Å²) in [5, 5.41) is 0. The zero-order valence-corrected chi connectivity index (χ0v) is 16.8. The molecule has 0 bridgehead atoms. The lowest BCUT2D eigenvalue weighted by Crippen LogP contribution is -2.15. The summed E-state index contributed by atoms with van der Waals surface area (Å²) in [7, 11) is 0.